The molecule has 0 unspecified atom stereocenters. The zero-order valence-corrected chi connectivity index (χ0v) is 12.0. The number of hydrogen-bond acceptors (Lipinski definition) is 3. The molecule has 5 nitrogen and oxygen atoms in total. The van der Waals surface area contributed by atoms with Crippen LogP contribution >= 0.6 is 11.3 Å². The van der Waals surface area contributed by atoms with Gasteiger partial charge in [0.1, 0.15) is 5.69 Å². The maximum absolute atomic E-state index is 12.0. The fourth-order valence-corrected chi connectivity index (χ4v) is 3.02. The highest BCUT2D eigenvalue weighted by Gasteiger charge is 2.08. The number of benzene rings is 1. The Bertz CT molecular complexity index is 840. The Morgan fingerprint density at radius 3 is 2.70 bits per heavy atom. The van der Waals surface area contributed by atoms with Crippen LogP contribution in [0, 0.1) is 0 Å². The number of nitrogens with one attached hydrogen (secondary N) is 1. The number of fused-ring (bicyclic) bond motifs is 1. The molecule has 6 heteroatoms. The highest BCUT2D eigenvalue weighted by atomic mass is 32.1. The molecule has 1 amide bonds. The van der Waals surface area contributed by atoms with Crippen molar-refractivity contribution in [1.82, 2.24) is 14.6 Å². The van der Waals surface area contributed by atoms with Crippen LogP contribution in [-0.4, -0.2) is 15.0 Å². The van der Waals surface area contributed by atoms with Crippen LogP contribution in [0.1, 0.15) is 10.5 Å². The van der Waals surface area contributed by atoms with Gasteiger partial charge in [-0.05, 0) is 24.3 Å². The van der Waals surface area contributed by atoms with Gasteiger partial charge in [0.2, 0.25) is 4.80 Å². The first kappa shape index (κ1) is 12.7. The van der Waals surface area contributed by atoms with E-state index < -0.39 is 0 Å². The molecule has 102 valence electrons. The van der Waals surface area contributed by atoms with Gasteiger partial charge in [-0.3, -0.25) is 4.79 Å². The second kappa shape index (κ2) is 4.97. The molecule has 3 aromatic rings. The summed E-state index contributed by atoms with van der Waals surface area (Å²) < 4.78 is 4.86. The monoisotopic (exact) mass is 286 g/mol. The highest BCUT2D eigenvalue weighted by molar-refractivity contribution is 7.16. The summed E-state index contributed by atoms with van der Waals surface area (Å²) in [6.45, 7) is 0. The van der Waals surface area contributed by atoms with E-state index in [1.807, 2.05) is 55.2 Å². The molecule has 0 atom stereocenters. The van der Waals surface area contributed by atoms with Crippen molar-refractivity contribution >= 4 is 27.5 Å². The highest BCUT2D eigenvalue weighted by Crippen LogP contribution is 2.14. The number of carbonyl (C=O) groups is 1. The molecule has 0 saturated carbocycles. The van der Waals surface area contributed by atoms with E-state index in [2.05, 4.69) is 10.5 Å². The summed E-state index contributed by atoms with van der Waals surface area (Å²) in [5, 5.41) is 4.21. The standard InChI is InChI=1S/C14H14N4OS/c1-17-9-5-7-11(17)13(19)15-16-14-18(2)10-6-3-4-8-12(10)20-14/h3-9H,1-2H3,(H,15,19). The van der Waals surface area contributed by atoms with E-state index in [4.69, 9.17) is 0 Å². The van der Waals surface area contributed by atoms with E-state index >= 15 is 0 Å². The van der Waals surface area contributed by atoms with Crippen LogP contribution in [0.2, 0.25) is 0 Å². The normalized spacial score (nSPS) is 12.0. The van der Waals surface area contributed by atoms with Gasteiger partial charge in [0, 0.05) is 20.3 Å². The minimum absolute atomic E-state index is 0.213. The number of hydrogen-bond donors (Lipinski definition) is 1. The summed E-state index contributed by atoms with van der Waals surface area (Å²) in [7, 11) is 3.76. The van der Waals surface area contributed by atoms with E-state index in [0.717, 1.165) is 15.0 Å². The first-order valence-electron chi connectivity index (χ1n) is 6.17. The number of rotatable bonds is 2. The second-order valence-corrected chi connectivity index (χ2v) is 5.48. The molecule has 2 heterocycles. The molecule has 1 aromatic carbocycles. The Balaban J connectivity index is 1.94. The minimum atomic E-state index is -0.213. The number of aryl methyl sites for hydroxylation is 2. The summed E-state index contributed by atoms with van der Waals surface area (Å²) in [6.07, 6.45) is 1.83. The summed E-state index contributed by atoms with van der Waals surface area (Å²) in [6, 6.07) is 11.6. The van der Waals surface area contributed by atoms with Crippen LogP contribution < -0.4 is 10.2 Å². The lowest BCUT2D eigenvalue weighted by atomic mass is 10.3. The van der Waals surface area contributed by atoms with Crippen LogP contribution in [0.3, 0.4) is 0 Å². The number of aromatic nitrogens is 2. The molecule has 0 aliphatic heterocycles. The van der Waals surface area contributed by atoms with E-state index in [1.165, 1.54) is 0 Å². The first-order valence-corrected chi connectivity index (χ1v) is 6.98. The number of para-hydroxylation sites is 1. The Hall–Kier alpha value is -2.34. The Kier molecular flexibility index (Phi) is 3.15. The van der Waals surface area contributed by atoms with Gasteiger partial charge in [0.15, 0.2) is 0 Å². The van der Waals surface area contributed by atoms with E-state index in [1.54, 1.807) is 22.0 Å². The van der Waals surface area contributed by atoms with Crippen LogP contribution in [0.15, 0.2) is 47.7 Å². The van der Waals surface area contributed by atoms with Crippen molar-refractivity contribution in [2.45, 2.75) is 0 Å². The predicted octanol–water partition coefficient (Wildman–Crippen LogP) is 1.82. The van der Waals surface area contributed by atoms with E-state index in [9.17, 15) is 4.79 Å². The molecule has 0 saturated heterocycles. The minimum Gasteiger partial charge on any atom is -0.347 e. The molecule has 0 fully saturated rings. The largest absolute Gasteiger partial charge is 0.347 e. The van der Waals surface area contributed by atoms with Crippen LogP contribution in [-0.2, 0) is 14.1 Å². The van der Waals surface area contributed by atoms with Crippen molar-refractivity contribution in [1.29, 1.82) is 0 Å². The SMILES string of the molecule is Cn1cccc1C(=O)NN=c1sc2ccccc2n1C. The molecular formula is C14H14N4OS. The van der Waals surface area contributed by atoms with Gasteiger partial charge in [-0.1, -0.05) is 23.5 Å². The fraction of sp³-hybridized carbons (Fsp3) is 0.143. The van der Waals surface area contributed by atoms with Crippen molar-refractivity contribution in [2.75, 3.05) is 0 Å². The van der Waals surface area contributed by atoms with Gasteiger partial charge in [0.25, 0.3) is 5.91 Å². The Morgan fingerprint density at radius 2 is 2.00 bits per heavy atom. The zero-order valence-electron chi connectivity index (χ0n) is 11.2. The molecule has 2 aromatic heterocycles. The third kappa shape index (κ3) is 2.14. The molecule has 0 spiro atoms. The zero-order chi connectivity index (χ0) is 14.1. The van der Waals surface area contributed by atoms with E-state index in [0.29, 0.717) is 5.69 Å². The third-order valence-corrected chi connectivity index (χ3v) is 4.26. The topological polar surface area (TPSA) is 51.3 Å². The van der Waals surface area contributed by atoms with Gasteiger partial charge in [-0.25, -0.2) is 5.43 Å². The maximum Gasteiger partial charge on any atom is 0.288 e. The average molecular weight is 286 g/mol. The van der Waals surface area contributed by atoms with Gasteiger partial charge in [-0.15, -0.1) is 5.10 Å². The summed E-state index contributed by atoms with van der Waals surface area (Å²) in [5.41, 5.74) is 4.28. The summed E-state index contributed by atoms with van der Waals surface area (Å²) >= 11 is 1.54. The predicted molar refractivity (Wildman–Crippen MR) is 79.2 cm³/mol. The van der Waals surface area contributed by atoms with Crippen molar-refractivity contribution in [3.05, 3.63) is 53.1 Å². The molecule has 20 heavy (non-hydrogen) atoms. The van der Waals surface area contributed by atoms with Crippen LogP contribution in [0.4, 0.5) is 0 Å². The second-order valence-electron chi connectivity index (χ2n) is 4.47. The quantitative estimate of drug-likeness (QED) is 0.718. The molecule has 0 bridgehead atoms. The smallest absolute Gasteiger partial charge is 0.288 e. The molecule has 0 radical (unpaired) electrons. The molecular weight excluding hydrogens is 272 g/mol. The summed E-state index contributed by atoms with van der Waals surface area (Å²) in [5.74, 6) is -0.213. The fourth-order valence-electron chi connectivity index (χ4n) is 2.04. The lowest BCUT2D eigenvalue weighted by Gasteiger charge is -2.00. The maximum atomic E-state index is 12.0. The molecule has 0 aliphatic carbocycles. The van der Waals surface area contributed by atoms with E-state index in [-0.39, 0.29) is 5.91 Å². The Morgan fingerprint density at radius 1 is 1.20 bits per heavy atom. The number of thiazole rings is 1. The molecule has 3 rings (SSSR count). The van der Waals surface area contributed by atoms with Gasteiger partial charge >= 0.3 is 0 Å². The first-order chi connectivity index (χ1) is 9.66. The molecule has 0 aliphatic rings. The Labute approximate surface area is 119 Å². The third-order valence-electron chi connectivity index (χ3n) is 3.14. The van der Waals surface area contributed by atoms with Crippen molar-refractivity contribution in [3.8, 4) is 0 Å². The summed E-state index contributed by atoms with van der Waals surface area (Å²) in [4.78, 5) is 12.8. The molecule has 1 N–H and O–H groups in total. The van der Waals surface area contributed by atoms with Crippen molar-refractivity contribution in [2.24, 2.45) is 19.2 Å². The van der Waals surface area contributed by atoms with Crippen molar-refractivity contribution < 1.29 is 4.79 Å². The van der Waals surface area contributed by atoms with Crippen molar-refractivity contribution in [3.63, 3.8) is 0 Å². The number of nitrogens with zero attached hydrogens (tertiary/aromatic N) is 3. The lowest BCUT2D eigenvalue weighted by molar-refractivity contribution is 0.0945. The van der Waals surface area contributed by atoms with Crippen LogP contribution in [0.5, 0.6) is 0 Å². The van der Waals surface area contributed by atoms with Gasteiger partial charge in [-0.2, -0.15) is 0 Å². The number of amides is 1. The van der Waals surface area contributed by atoms with Gasteiger partial charge < -0.3 is 9.13 Å². The number of carbonyl (C=O) groups excluding carboxylic acids is 1. The average Bonchev–Trinajstić information content (AvgIpc) is 3.01. The van der Waals surface area contributed by atoms with Gasteiger partial charge in [0.05, 0.1) is 10.2 Å². The van der Waals surface area contributed by atoms with Crippen LogP contribution in [0.25, 0.3) is 10.2 Å². The lowest BCUT2D eigenvalue weighted by Crippen LogP contribution is -2.24.